The molecular weight excluding hydrogens is 558 g/mol. The Kier molecular flexibility index (Phi) is 11.3. The van der Waals surface area contributed by atoms with Crippen LogP contribution in [0.5, 0.6) is 0 Å². The van der Waals surface area contributed by atoms with Gasteiger partial charge in [0.05, 0.1) is 5.92 Å². The Morgan fingerprint density at radius 3 is 2.57 bits per heavy atom. The van der Waals surface area contributed by atoms with Crippen LogP contribution < -0.4 is 15.5 Å². The second kappa shape index (κ2) is 14.9. The van der Waals surface area contributed by atoms with Crippen LogP contribution in [0.2, 0.25) is 0 Å². The Morgan fingerprint density at radius 2 is 1.91 bits per heavy atom. The molecular formula is C33H49N7O4. The molecule has 3 amide bonds. The van der Waals surface area contributed by atoms with Crippen LogP contribution in [0.15, 0.2) is 36.5 Å². The van der Waals surface area contributed by atoms with Crippen molar-refractivity contribution in [3.8, 4) is 0 Å². The standard InChI is InChI=1S/C33H49N7O4/c1-23(2)21-40(31(43)27-20-36-32(33(3,4)5)37-29(27)35-13-10-16-44-6)26-17-24(18-34-19-26)30(42)38-14-15-39(28(41)22-38)25-11-8-7-9-12-25/h7-9,11-12,20,23-24,26,34H,10,13-19,21-22H2,1-6H3,(H,35,36,37)/t24-,26+/m1/s1. The minimum atomic E-state index is -0.335. The Bertz CT molecular complexity index is 1280. The predicted molar refractivity (Wildman–Crippen MR) is 172 cm³/mol. The van der Waals surface area contributed by atoms with E-state index in [-0.39, 0.29) is 47.6 Å². The van der Waals surface area contributed by atoms with Crippen LogP contribution in [0.3, 0.4) is 0 Å². The molecule has 0 aliphatic carbocycles. The van der Waals surface area contributed by atoms with Gasteiger partial charge in [-0.2, -0.15) is 0 Å². The fourth-order valence-corrected chi connectivity index (χ4v) is 5.75. The summed E-state index contributed by atoms with van der Waals surface area (Å²) in [5, 5.41) is 6.76. The quantitative estimate of drug-likeness (QED) is 0.374. The number of hydrogen-bond acceptors (Lipinski definition) is 8. The SMILES string of the molecule is COCCCNc1nc(C(C)(C)C)ncc1C(=O)N(CC(C)C)[C@@H]1CNC[C@H](C(=O)N2CCN(c3ccccc3)C(=O)C2)C1. The van der Waals surface area contributed by atoms with Gasteiger partial charge in [-0.05, 0) is 30.9 Å². The van der Waals surface area contributed by atoms with Crippen molar-refractivity contribution in [3.05, 3.63) is 47.9 Å². The molecule has 1 aromatic carbocycles. The third-order valence-corrected chi connectivity index (χ3v) is 8.05. The molecule has 11 heteroatoms. The molecule has 2 atom stereocenters. The van der Waals surface area contributed by atoms with E-state index < -0.39 is 0 Å². The number of carbonyl (C=O) groups is 3. The average Bonchev–Trinajstić information content (AvgIpc) is 3.01. The van der Waals surface area contributed by atoms with E-state index in [0.29, 0.717) is 69.5 Å². The summed E-state index contributed by atoms with van der Waals surface area (Å²) >= 11 is 0. The maximum atomic E-state index is 14.3. The van der Waals surface area contributed by atoms with Crippen molar-refractivity contribution in [2.45, 2.75) is 58.9 Å². The number of aromatic nitrogens is 2. The Balaban J connectivity index is 1.50. The fraction of sp³-hybridized carbons (Fsp3) is 0.606. The number of nitrogens with one attached hydrogen (secondary N) is 2. The molecule has 2 aliphatic heterocycles. The number of piperidine rings is 1. The summed E-state index contributed by atoms with van der Waals surface area (Å²) in [5.74, 6) is 0.775. The largest absolute Gasteiger partial charge is 0.385 e. The summed E-state index contributed by atoms with van der Waals surface area (Å²) < 4.78 is 5.19. The van der Waals surface area contributed by atoms with Gasteiger partial charge < -0.3 is 30.1 Å². The normalized spacial score (nSPS) is 19.3. The summed E-state index contributed by atoms with van der Waals surface area (Å²) in [5.41, 5.74) is 0.989. The summed E-state index contributed by atoms with van der Waals surface area (Å²) in [4.78, 5) is 55.6. The van der Waals surface area contributed by atoms with Crippen LogP contribution in [0.1, 0.15) is 63.6 Å². The maximum absolute atomic E-state index is 14.3. The monoisotopic (exact) mass is 607 g/mol. The predicted octanol–water partition coefficient (Wildman–Crippen LogP) is 3.17. The van der Waals surface area contributed by atoms with Crippen LogP contribution >= 0.6 is 0 Å². The molecule has 0 bridgehead atoms. The number of carbonyl (C=O) groups excluding carboxylic acids is 3. The van der Waals surface area contributed by atoms with Crippen molar-refractivity contribution in [2.24, 2.45) is 11.8 Å². The first-order valence-electron chi connectivity index (χ1n) is 15.8. The zero-order chi connectivity index (χ0) is 31.9. The van der Waals surface area contributed by atoms with Crippen LogP contribution in [-0.4, -0.2) is 103 Å². The number of methoxy groups -OCH3 is 1. The summed E-state index contributed by atoms with van der Waals surface area (Å²) in [6, 6.07) is 9.36. The Hall–Kier alpha value is -3.57. The molecule has 2 aliphatic rings. The van der Waals surface area contributed by atoms with Crippen molar-refractivity contribution >= 4 is 29.2 Å². The first-order valence-corrected chi connectivity index (χ1v) is 15.8. The number of hydrogen-bond donors (Lipinski definition) is 2. The summed E-state index contributed by atoms with van der Waals surface area (Å²) in [6.07, 6.45) is 2.93. The van der Waals surface area contributed by atoms with Gasteiger partial charge in [-0.25, -0.2) is 9.97 Å². The Labute approximate surface area is 261 Å². The molecule has 3 heterocycles. The second-order valence-electron chi connectivity index (χ2n) is 13.2. The zero-order valence-corrected chi connectivity index (χ0v) is 27.1. The molecule has 4 rings (SSSR count). The first kappa shape index (κ1) is 33.3. The molecule has 2 fully saturated rings. The van der Waals surface area contributed by atoms with Gasteiger partial charge in [0.2, 0.25) is 11.8 Å². The highest BCUT2D eigenvalue weighted by Crippen LogP contribution is 2.27. The molecule has 2 saturated heterocycles. The van der Waals surface area contributed by atoms with Crippen molar-refractivity contribution in [1.29, 1.82) is 0 Å². The van der Waals surface area contributed by atoms with Gasteiger partial charge >= 0.3 is 0 Å². The minimum Gasteiger partial charge on any atom is -0.385 e. The lowest BCUT2D eigenvalue weighted by Crippen LogP contribution is -2.58. The highest BCUT2D eigenvalue weighted by molar-refractivity contribution is 5.99. The molecule has 0 saturated carbocycles. The fourth-order valence-electron chi connectivity index (χ4n) is 5.75. The van der Waals surface area contributed by atoms with Crippen LogP contribution in [-0.2, 0) is 19.7 Å². The third-order valence-electron chi connectivity index (χ3n) is 8.05. The summed E-state index contributed by atoms with van der Waals surface area (Å²) in [7, 11) is 1.67. The number of ether oxygens (including phenoxy) is 1. The molecule has 0 radical (unpaired) electrons. The summed E-state index contributed by atoms with van der Waals surface area (Å²) in [6.45, 7) is 14.1. The molecule has 1 aromatic heterocycles. The van der Waals surface area contributed by atoms with Gasteiger partial charge in [-0.1, -0.05) is 52.8 Å². The maximum Gasteiger partial charge on any atom is 0.259 e. The first-order chi connectivity index (χ1) is 21.0. The van der Waals surface area contributed by atoms with Gasteiger partial charge in [-0.15, -0.1) is 0 Å². The number of nitrogens with zero attached hydrogens (tertiary/aromatic N) is 5. The van der Waals surface area contributed by atoms with E-state index in [1.807, 2.05) is 56.0 Å². The number of rotatable bonds is 11. The molecule has 2 N–H and O–H groups in total. The third kappa shape index (κ3) is 8.32. The lowest BCUT2D eigenvalue weighted by Gasteiger charge is -2.41. The molecule has 0 spiro atoms. The lowest BCUT2D eigenvalue weighted by molar-refractivity contribution is -0.141. The number of benzene rings is 1. The average molecular weight is 608 g/mol. The smallest absolute Gasteiger partial charge is 0.259 e. The van der Waals surface area contributed by atoms with Crippen LogP contribution in [0, 0.1) is 11.8 Å². The highest BCUT2D eigenvalue weighted by Gasteiger charge is 2.38. The molecule has 2 aromatic rings. The molecule has 44 heavy (non-hydrogen) atoms. The van der Waals surface area contributed by atoms with E-state index in [1.54, 1.807) is 23.1 Å². The molecule has 11 nitrogen and oxygen atoms in total. The molecule has 240 valence electrons. The minimum absolute atomic E-state index is 0.0430. The van der Waals surface area contributed by atoms with Gasteiger partial charge in [0.15, 0.2) is 0 Å². The van der Waals surface area contributed by atoms with Gasteiger partial charge in [0.1, 0.15) is 23.8 Å². The molecule has 0 unspecified atom stereocenters. The topological polar surface area (TPSA) is 120 Å². The van der Waals surface area contributed by atoms with E-state index in [4.69, 9.17) is 9.72 Å². The second-order valence-corrected chi connectivity index (χ2v) is 13.2. The number of anilines is 2. The van der Waals surface area contributed by atoms with Crippen molar-refractivity contribution in [3.63, 3.8) is 0 Å². The zero-order valence-electron chi connectivity index (χ0n) is 27.1. The van der Waals surface area contributed by atoms with Gasteiger partial charge in [0.25, 0.3) is 5.91 Å². The van der Waals surface area contributed by atoms with E-state index in [9.17, 15) is 14.4 Å². The van der Waals surface area contributed by atoms with Crippen molar-refractivity contribution < 1.29 is 19.1 Å². The number of para-hydroxylation sites is 1. The lowest BCUT2D eigenvalue weighted by atomic mass is 9.92. The van der Waals surface area contributed by atoms with Crippen molar-refractivity contribution in [1.82, 2.24) is 25.1 Å². The van der Waals surface area contributed by atoms with Crippen LogP contribution in [0.25, 0.3) is 0 Å². The van der Waals surface area contributed by atoms with E-state index in [2.05, 4.69) is 29.5 Å². The Morgan fingerprint density at radius 1 is 1.16 bits per heavy atom. The van der Waals surface area contributed by atoms with Crippen LogP contribution in [0.4, 0.5) is 11.5 Å². The van der Waals surface area contributed by atoms with E-state index >= 15 is 0 Å². The van der Waals surface area contributed by atoms with E-state index in [1.165, 1.54) is 0 Å². The number of piperazine rings is 1. The highest BCUT2D eigenvalue weighted by atomic mass is 16.5. The number of amides is 3. The van der Waals surface area contributed by atoms with Crippen molar-refractivity contribution in [2.75, 3.05) is 69.7 Å². The van der Waals surface area contributed by atoms with Gasteiger partial charge in [0, 0.05) is 76.3 Å². The van der Waals surface area contributed by atoms with E-state index in [0.717, 1.165) is 12.1 Å². The van der Waals surface area contributed by atoms with Gasteiger partial charge in [-0.3, -0.25) is 14.4 Å².